The Bertz CT molecular complexity index is 498. The Hall–Kier alpha value is -1.69. The highest BCUT2D eigenvalue weighted by Gasteiger charge is 2.22. The molecule has 0 saturated carbocycles. The predicted octanol–water partition coefficient (Wildman–Crippen LogP) is 2.51. The van der Waals surface area contributed by atoms with Crippen molar-refractivity contribution >= 4 is 11.5 Å². The number of aryl methyl sites for hydroxylation is 1. The van der Waals surface area contributed by atoms with Crippen LogP contribution in [0.4, 0.5) is 11.5 Å². The molecule has 1 aromatic rings. The number of aromatic nitrogens is 1. The number of nitrogens with one attached hydrogen (secondary N) is 1. The molecule has 116 valence electrons. The Kier molecular flexibility index (Phi) is 5.12. The van der Waals surface area contributed by atoms with Crippen molar-refractivity contribution in [3.8, 4) is 0 Å². The predicted molar refractivity (Wildman–Crippen MR) is 83.7 cm³/mol. The molecule has 1 fully saturated rings. The van der Waals surface area contributed by atoms with E-state index < -0.39 is 4.92 Å². The normalized spacial score (nSPS) is 16.2. The summed E-state index contributed by atoms with van der Waals surface area (Å²) in [5, 5.41) is 14.2. The second-order valence-electron chi connectivity index (χ2n) is 6.03. The van der Waals surface area contributed by atoms with Crippen LogP contribution < -0.4 is 10.2 Å². The highest BCUT2D eigenvalue weighted by atomic mass is 16.6. The monoisotopic (exact) mass is 292 g/mol. The Morgan fingerprint density at radius 1 is 1.48 bits per heavy atom. The van der Waals surface area contributed by atoms with E-state index in [1.165, 1.54) is 19.0 Å². The molecule has 0 aromatic carbocycles. The number of nitro groups is 1. The Balaban J connectivity index is 2.19. The second kappa shape index (κ2) is 6.85. The van der Waals surface area contributed by atoms with Crippen LogP contribution in [0.5, 0.6) is 0 Å². The fraction of sp³-hybridized carbons (Fsp3) is 0.667. The molecule has 1 aliphatic heterocycles. The molecule has 0 unspecified atom stereocenters. The molecule has 21 heavy (non-hydrogen) atoms. The first-order valence-electron chi connectivity index (χ1n) is 7.57. The van der Waals surface area contributed by atoms with Crippen LogP contribution in [0.1, 0.15) is 32.3 Å². The van der Waals surface area contributed by atoms with Crippen molar-refractivity contribution in [3.05, 3.63) is 27.9 Å². The lowest BCUT2D eigenvalue weighted by Crippen LogP contribution is -2.40. The number of hydrogen-bond donors (Lipinski definition) is 1. The first kappa shape index (κ1) is 15.7. The van der Waals surface area contributed by atoms with Gasteiger partial charge in [-0.3, -0.25) is 10.1 Å². The van der Waals surface area contributed by atoms with Crippen molar-refractivity contribution in [3.63, 3.8) is 0 Å². The van der Waals surface area contributed by atoms with Crippen molar-refractivity contribution in [2.45, 2.75) is 39.7 Å². The van der Waals surface area contributed by atoms with E-state index in [1.807, 2.05) is 6.92 Å². The number of rotatable bonds is 5. The van der Waals surface area contributed by atoms with Gasteiger partial charge in [-0.1, -0.05) is 0 Å². The van der Waals surface area contributed by atoms with E-state index in [0.29, 0.717) is 12.0 Å². The van der Waals surface area contributed by atoms with Gasteiger partial charge in [0.2, 0.25) is 0 Å². The zero-order chi connectivity index (χ0) is 15.4. The molecule has 0 spiro atoms. The maximum Gasteiger partial charge on any atom is 0.287 e. The van der Waals surface area contributed by atoms with E-state index in [0.717, 1.165) is 31.0 Å². The van der Waals surface area contributed by atoms with Gasteiger partial charge in [0, 0.05) is 18.7 Å². The standard InChI is InChI=1S/C15H24N4O2/c1-11(2)18(10-13-4-6-16-7-5-13)15-12(3)8-14(9-17-15)19(20)21/h8-9,11,13,16H,4-7,10H2,1-3H3. The molecule has 6 nitrogen and oxygen atoms in total. The summed E-state index contributed by atoms with van der Waals surface area (Å²) in [4.78, 5) is 17.1. The maximum atomic E-state index is 10.8. The van der Waals surface area contributed by atoms with Crippen LogP contribution in [0.2, 0.25) is 0 Å². The van der Waals surface area contributed by atoms with Crippen LogP contribution in [-0.4, -0.2) is 35.6 Å². The topological polar surface area (TPSA) is 71.3 Å². The van der Waals surface area contributed by atoms with Gasteiger partial charge in [0.05, 0.1) is 4.92 Å². The van der Waals surface area contributed by atoms with Gasteiger partial charge in [0.25, 0.3) is 5.69 Å². The van der Waals surface area contributed by atoms with Gasteiger partial charge in [-0.2, -0.15) is 0 Å². The van der Waals surface area contributed by atoms with Crippen LogP contribution in [0.25, 0.3) is 0 Å². The van der Waals surface area contributed by atoms with E-state index in [4.69, 9.17) is 0 Å². The highest BCUT2D eigenvalue weighted by molar-refractivity contribution is 5.51. The Morgan fingerprint density at radius 2 is 2.14 bits per heavy atom. The number of nitrogens with zero attached hydrogens (tertiary/aromatic N) is 3. The third-order valence-corrected chi connectivity index (χ3v) is 4.06. The molecular weight excluding hydrogens is 268 g/mol. The average molecular weight is 292 g/mol. The summed E-state index contributed by atoms with van der Waals surface area (Å²) >= 11 is 0. The van der Waals surface area contributed by atoms with Gasteiger partial charge in [-0.15, -0.1) is 0 Å². The van der Waals surface area contributed by atoms with Crippen LogP contribution in [0.3, 0.4) is 0 Å². The van der Waals surface area contributed by atoms with Crippen molar-refractivity contribution < 1.29 is 4.92 Å². The van der Waals surface area contributed by atoms with E-state index in [2.05, 4.69) is 29.0 Å². The number of pyridine rings is 1. The SMILES string of the molecule is Cc1cc([N+](=O)[O-])cnc1N(CC1CCNCC1)C(C)C. The summed E-state index contributed by atoms with van der Waals surface area (Å²) in [6, 6.07) is 1.94. The van der Waals surface area contributed by atoms with Gasteiger partial charge in [0.15, 0.2) is 0 Å². The molecule has 0 aliphatic carbocycles. The minimum absolute atomic E-state index is 0.0572. The van der Waals surface area contributed by atoms with E-state index in [9.17, 15) is 10.1 Å². The lowest BCUT2D eigenvalue weighted by Gasteiger charge is -2.34. The van der Waals surface area contributed by atoms with E-state index >= 15 is 0 Å². The second-order valence-corrected chi connectivity index (χ2v) is 6.03. The zero-order valence-corrected chi connectivity index (χ0v) is 13.0. The third kappa shape index (κ3) is 3.91. The van der Waals surface area contributed by atoms with Gasteiger partial charge >= 0.3 is 0 Å². The van der Waals surface area contributed by atoms with Crippen LogP contribution in [-0.2, 0) is 0 Å². The molecule has 1 aromatic heterocycles. The molecule has 0 atom stereocenters. The first-order chi connectivity index (χ1) is 9.99. The molecule has 0 bridgehead atoms. The summed E-state index contributed by atoms with van der Waals surface area (Å²) in [6.45, 7) is 9.29. The average Bonchev–Trinajstić information content (AvgIpc) is 2.46. The van der Waals surface area contributed by atoms with Crippen molar-refractivity contribution in [1.82, 2.24) is 10.3 Å². The zero-order valence-electron chi connectivity index (χ0n) is 13.0. The molecular formula is C15H24N4O2. The lowest BCUT2D eigenvalue weighted by molar-refractivity contribution is -0.385. The number of piperidine rings is 1. The number of hydrogen-bond acceptors (Lipinski definition) is 5. The summed E-state index contributed by atoms with van der Waals surface area (Å²) < 4.78 is 0. The van der Waals surface area contributed by atoms with Crippen molar-refractivity contribution in [2.24, 2.45) is 5.92 Å². The molecule has 2 rings (SSSR count). The summed E-state index contributed by atoms with van der Waals surface area (Å²) in [5.41, 5.74) is 0.925. The minimum atomic E-state index is -0.393. The third-order valence-electron chi connectivity index (χ3n) is 4.06. The Morgan fingerprint density at radius 3 is 2.67 bits per heavy atom. The largest absolute Gasteiger partial charge is 0.354 e. The van der Waals surface area contributed by atoms with Crippen LogP contribution in [0.15, 0.2) is 12.3 Å². The number of anilines is 1. The van der Waals surface area contributed by atoms with Gasteiger partial charge in [0.1, 0.15) is 12.0 Å². The molecule has 6 heteroatoms. The fourth-order valence-electron chi connectivity index (χ4n) is 2.84. The summed E-state index contributed by atoms with van der Waals surface area (Å²) in [5.74, 6) is 1.53. The minimum Gasteiger partial charge on any atom is -0.354 e. The van der Waals surface area contributed by atoms with Crippen LogP contribution >= 0.6 is 0 Å². The highest BCUT2D eigenvalue weighted by Crippen LogP contribution is 2.25. The molecule has 0 radical (unpaired) electrons. The summed E-state index contributed by atoms with van der Waals surface area (Å²) in [7, 11) is 0. The summed E-state index contributed by atoms with van der Waals surface area (Å²) in [6.07, 6.45) is 3.71. The maximum absolute atomic E-state index is 10.8. The van der Waals surface area contributed by atoms with Gasteiger partial charge in [-0.05, 0) is 58.2 Å². The lowest BCUT2D eigenvalue weighted by atomic mass is 9.97. The van der Waals surface area contributed by atoms with E-state index in [1.54, 1.807) is 6.07 Å². The Labute approximate surface area is 125 Å². The molecule has 1 saturated heterocycles. The molecule has 1 aliphatic rings. The van der Waals surface area contributed by atoms with Crippen molar-refractivity contribution in [2.75, 3.05) is 24.5 Å². The quantitative estimate of drug-likeness (QED) is 0.667. The molecule has 2 heterocycles. The first-order valence-corrected chi connectivity index (χ1v) is 7.57. The van der Waals surface area contributed by atoms with Gasteiger partial charge in [-0.25, -0.2) is 4.98 Å². The smallest absolute Gasteiger partial charge is 0.287 e. The molecule has 0 amide bonds. The van der Waals surface area contributed by atoms with Crippen LogP contribution in [0, 0.1) is 23.0 Å². The van der Waals surface area contributed by atoms with Crippen molar-refractivity contribution in [1.29, 1.82) is 0 Å². The fourth-order valence-corrected chi connectivity index (χ4v) is 2.84. The van der Waals surface area contributed by atoms with E-state index in [-0.39, 0.29) is 5.69 Å². The van der Waals surface area contributed by atoms with Gasteiger partial charge < -0.3 is 10.2 Å². The molecule has 1 N–H and O–H groups in total.